The summed E-state index contributed by atoms with van der Waals surface area (Å²) in [5.41, 5.74) is 3.21. The minimum Gasteiger partial charge on any atom is -0.323 e. The molecule has 0 fully saturated rings. The van der Waals surface area contributed by atoms with Gasteiger partial charge in [0.15, 0.2) is 0 Å². The second-order valence-corrected chi connectivity index (χ2v) is 6.31. The molecule has 2 aromatic carbocycles. The average Bonchev–Trinajstić information content (AvgIpc) is 2.49. The maximum Gasteiger partial charge on any atom is 0.142 e. The van der Waals surface area contributed by atoms with Gasteiger partial charge in [-0.3, -0.25) is 4.98 Å². The van der Waals surface area contributed by atoms with E-state index >= 15 is 0 Å². The molecule has 2 heterocycles. The van der Waals surface area contributed by atoms with Gasteiger partial charge in [-0.25, -0.2) is 4.39 Å². The Hall–Kier alpha value is -1.49. The van der Waals surface area contributed by atoms with Crippen LogP contribution in [0.2, 0.25) is 10.0 Å². The van der Waals surface area contributed by atoms with Crippen molar-refractivity contribution in [1.82, 2.24) is 4.98 Å². The zero-order valence-corrected chi connectivity index (χ0v) is 12.8. The Bertz CT molecular complexity index is 898. The summed E-state index contributed by atoms with van der Waals surface area (Å²) < 4.78 is 17.1. The normalized spacial score (nSPS) is 12.7. The number of nitrogens with zero attached hydrogens (tertiary/aromatic N) is 1. The molecular formula is C15H7Cl2FN2S. The first kappa shape index (κ1) is 13.2. The highest BCUT2D eigenvalue weighted by molar-refractivity contribution is 8.00. The molecule has 3 aromatic rings. The molecule has 0 saturated heterocycles. The molecule has 1 aliphatic heterocycles. The molecule has 0 spiro atoms. The van der Waals surface area contributed by atoms with Gasteiger partial charge in [0.1, 0.15) is 5.82 Å². The molecule has 0 radical (unpaired) electrons. The lowest BCUT2D eigenvalue weighted by Gasteiger charge is -2.22. The number of hydrogen-bond acceptors (Lipinski definition) is 3. The van der Waals surface area contributed by atoms with Gasteiger partial charge in [-0.1, -0.05) is 23.2 Å². The summed E-state index contributed by atoms with van der Waals surface area (Å²) in [6, 6.07) is 8.64. The first-order valence-corrected chi connectivity index (χ1v) is 7.72. The number of benzene rings is 2. The summed E-state index contributed by atoms with van der Waals surface area (Å²) in [7, 11) is 0. The number of hydrogen-bond donors (Lipinski definition) is 1. The Balaban J connectivity index is 2.09. The predicted molar refractivity (Wildman–Crippen MR) is 86.6 cm³/mol. The Labute approximate surface area is 134 Å². The van der Waals surface area contributed by atoms with Crippen LogP contribution >= 0.6 is 35.1 Å². The van der Waals surface area contributed by atoms with E-state index in [4.69, 9.17) is 23.2 Å². The molecule has 4 rings (SSSR count). The molecule has 1 aliphatic rings. The molecule has 1 N–H and O–H groups in total. The minimum atomic E-state index is -0.443. The second-order valence-electron chi connectivity index (χ2n) is 4.65. The molecule has 0 bridgehead atoms. The minimum absolute atomic E-state index is 0.108. The highest BCUT2D eigenvalue weighted by Crippen LogP contribution is 2.47. The van der Waals surface area contributed by atoms with E-state index in [2.05, 4.69) is 9.71 Å². The van der Waals surface area contributed by atoms with E-state index < -0.39 is 5.82 Å². The average molecular weight is 337 g/mol. The topological polar surface area (TPSA) is 24.9 Å². The number of anilines is 1. The van der Waals surface area contributed by atoms with E-state index in [1.165, 1.54) is 18.0 Å². The third kappa shape index (κ3) is 1.98. The first-order chi connectivity index (χ1) is 10.1. The van der Waals surface area contributed by atoms with Crippen molar-refractivity contribution in [1.29, 1.82) is 0 Å². The van der Waals surface area contributed by atoms with Gasteiger partial charge in [-0.2, -0.15) is 0 Å². The monoisotopic (exact) mass is 336 g/mol. The maximum atomic E-state index is 13.8. The van der Waals surface area contributed by atoms with E-state index in [1.54, 1.807) is 12.3 Å². The molecule has 1 aromatic heterocycles. The predicted octanol–water partition coefficient (Wildman–Crippen LogP) is 5.78. The van der Waals surface area contributed by atoms with Crippen LogP contribution in [0.5, 0.6) is 0 Å². The van der Waals surface area contributed by atoms with E-state index in [0.717, 1.165) is 32.6 Å². The van der Waals surface area contributed by atoms with Crippen molar-refractivity contribution in [2.75, 3.05) is 4.72 Å². The summed E-state index contributed by atoms with van der Waals surface area (Å²) in [6.07, 6.45) is 1.71. The van der Waals surface area contributed by atoms with E-state index in [-0.39, 0.29) is 5.02 Å². The zero-order valence-electron chi connectivity index (χ0n) is 10.5. The van der Waals surface area contributed by atoms with Crippen molar-refractivity contribution in [2.24, 2.45) is 0 Å². The van der Waals surface area contributed by atoms with Crippen molar-refractivity contribution < 1.29 is 4.39 Å². The third-order valence-corrected chi connectivity index (χ3v) is 4.88. The van der Waals surface area contributed by atoms with Gasteiger partial charge in [-0.15, -0.1) is 0 Å². The molecule has 21 heavy (non-hydrogen) atoms. The van der Waals surface area contributed by atoms with Gasteiger partial charge in [0, 0.05) is 27.6 Å². The van der Waals surface area contributed by atoms with Gasteiger partial charge in [-0.05, 0) is 42.3 Å². The quantitative estimate of drug-likeness (QED) is 0.526. The van der Waals surface area contributed by atoms with E-state index in [9.17, 15) is 4.39 Å². The number of pyridine rings is 1. The lowest BCUT2D eigenvalue weighted by atomic mass is 10.0. The molecule has 0 atom stereocenters. The maximum absolute atomic E-state index is 13.8. The van der Waals surface area contributed by atoms with Crippen molar-refractivity contribution in [3.63, 3.8) is 0 Å². The summed E-state index contributed by atoms with van der Waals surface area (Å²) >= 11 is 13.6. The molecular weight excluding hydrogens is 330 g/mol. The van der Waals surface area contributed by atoms with Crippen LogP contribution in [0, 0.1) is 5.82 Å². The van der Waals surface area contributed by atoms with E-state index in [1.807, 2.05) is 18.2 Å². The second kappa shape index (κ2) is 4.77. The Kier molecular flexibility index (Phi) is 2.99. The van der Waals surface area contributed by atoms with Crippen LogP contribution in [0.4, 0.5) is 10.1 Å². The first-order valence-electron chi connectivity index (χ1n) is 6.14. The molecule has 2 nitrogen and oxygen atoms in total. The van der Waals surface area contributed by atoms with Gasteiger partial charge in [0.05, 0.1) is 21.2 Å². The van der Waals surface area contributed by atoms with Crippen molar-refractivity contribution >= 4 is 51.7 Å². The van der Waals surface area contributed by atoms with Crippen LogP contribution in [0.1, 0.15) is 0 Å². The summed E-state index contributed by atoms with van der Waals surface area (Å²) in [5.74, 6) is -0.443. The summed E-state index contributed by atoms with van der Waals surface area (Å²) in [4.78, 5) is 5.25. The number of nitrogens with one attached hydrogen (secondary N) is 1. The fraction of sp³-hybridized carbons (Fsp3) is 0. The molecule has 0 aliphatic carbocycles. The highest BCUT2D eigenvalue weighted by Gasteiger charge is 2.22. The lowest BCUT2D eigenvalue weighted by Crippen LogP contribution is -2.02. The van der Waals surface area contributed by atoms with Crippen LogP contribution in [0.15, 0.2) is 41.4 Å². The lowest BCUT2D eigenvalue weighted by molar-refractivity contribution is 0.627. The number of halogens is 3. The Morgan fingerprint density at radius 2 is 1.95 bits per heavy atom. The summed E-state index contributed by atoms with van der Waals surface area (Å²) in [6.45, 7) is 0. The van der Waals surface area contributed by atoms with Gasteiger partial charge in [0.2, 0.25) is 0 Å². The molecule has 6 heteroatoms. The fourth-order valence-corrected chi connectivity index (χ4v) is 3.81. The SMILES string of the molecule is Fc1cc2c(cc1Cl)SNc1c-2cc(Cl)c2cccnc12. The van der Waals surface area contributed by atoms with Crippen LogP contribution in [0.3, 0.4) is 0 Å². The standard InChI is InChI=1S/C15H7Cl2FN2S/c16-10-4-9-8-5-12(18)11(17)6-13(8)21-20-15(9)14-7(10)2-1-3-19-14/h1-6,20H. The number of rotatable bonds is 0. The summed E-state index contributed by atoms with van der Waals surface area (Å²) in [5, 5.41) is 1.56. The smallest absolute Gasteiger partial charge is 0.142 e. The highest BCUT2D eigenvalue weighted by atomic mass is 35.5. The van der Waals surface area contributed by atoms with Crippen LogP contribution in [0.25, 0.3) is 22.0 Å². The van der Waals surface area contributed by atoms with Crippen LogP contribution in [-0.4, -0.2) is 4.98 Å². The molecule has 104 valence electrons. The number of aromatic nitrogens is 1. The molecule has 0 saturated carbocycles. The molecule has 0 unspecified atom stereocenters. The fourth-order valence-electron chi connectivity index (χ4n) is 2.45. The largest absolute Gasteiger partial charge is 0.323 e. The number of fused-ring (bicyclic) bond motifs is 5. The van der Waals surface area contributed by atoms with E-state index in [0.29, 0.717) is 5.02 Å². The van der Waals surface area contributed by atoms with Crippen molar-refractivity contribution in [2.45, 2.75) is 4.90 Å². The van der Waals surface area contributed by atoms with Crippen LogP contribution in [-0.2, 0) is 0 Å². The third-order valence-electron chi connectivity index (χ3n) is 3.42. The Morgan fingerprint density at radius 3 is 2.81 bits per heavy atom. The van der Waals surface area contributed by atoms with Crippen molar-refractivity contribution in [3.05, 3.63) is 52.4 Å². The van der Waals surface area contributed by atoms with Gasteiger partial charge < -0.3 is 4.72 Å². The Morgan fingerprint density at radius 1 is 1.10 bits per heavy atom. The van der Waals surface area contributed by atoms with Gasteiger partial charge in [0.25, 0.3) is 0 Å². The zero-order chi connectivity index (χ0) is 14.6. The molecule has 0 amide bonds. The van der Waals surface area contributed by atoms with Crippen LogP contribution < -0.4 is 4.72 Å². The van der Waals surface area contributed by atoms with Gasteiger partial charge >= 0.3 is 0 Å². The van der Waals surface area contributed by atoms with Crippen molar-refractivity contribution in [3.8, 4) is 11.1 Å².